The molecule has 1 heterocycles. The van der Waals surface area contributed by atoms with Gasteiger partial charge in [-0.05, 0) is 22.0 Å². The van der Waals surface area contributed by atoms with Gasteiger partial charge in [0.05, 0.1) is 4.47 Å². The van der Waals surface area contributed by atoms with Gasteiger partial charge >= 0.3 is 6.18 Å². The third-order valence-corrected chi connectivity index (χ3v) is 1.58. The van der Waals surface area contributed by atoms with Gasteiger partial charge in [0.25, 0.3) is 0 Å². The van der Waals surface area contributed by atoms with Crippen molar-refractivity contribution in [2.75, 3.05) is 0 Å². The molecule has 0 spiro atoms. The topological polar surface area (TPSA) is 33.4 Å². The average molecular weight is 245 g/mol. The fraction of sp³-hybridized carbons (Fsp3) is 0.333. The molecule has 6 heteroatoms. The highest BCUT2D eigenvalue weighted by atomic mass is 79.9. The SMILES string of the molecule is OC(c1cc(Br)co1)C(F)(F)F. The lowest BCUT2D eigenvalue weighted by molar-refractivity contribution is -0.211. The Balaban J connectivity index is 2.85. The van der Waals surface area contributed by atoms with E-state index in [1.165, 1.54) is 0 Å². The van der Waals surface area contributed by atoms with E-state index in [1.54, 1.807) is 0 Å². The first-order valence-electron chi connectivity index (χ1n) is 2.90. The summed E-state index contributed by atoms with van der Waals surface area (Å²) in [6.45, 7) is 0. The zero-order valence-corrected chi connectivity index (χ0v) is 7.19. The highest BCUT2D eigenvalue weighted by Gasteiger charge is 2.41. The molecule has 0 amide bonds. The largest absolute Gasteiger partial charge is 0.465 e. The highest BCUT2D eigenvalue weighted by Crippen LogP contribution is 2.33. The van der Waals surface area contributed by atoms with E-state index in [1.807, 2.05) is 0 Å². The molecule has 2 nitrogen and oxygen atoms in total. The summed E-state index contributed by atoms with van der Waals surface area (Å²) in [5, 5.41) is 8.63. The minimum atomic E-state index is -4.68. The quantitative estimate of drug-likeness (QED) is 0.824. The van der Waals surface area contributed by atoms with E-state index in [2.05, 4.69) is 20.3 Å². The number of alkyl halides is 3. The molecule has 1 rings (SSSR count). The molecule has 0 aliphatic heterocycles. The number of aliphatic hydroxyl groups excluding tert-OH is 1. The molecule has 0 aliphatic rings. The van der Waals surface area contributed by atoms with Crippen molar-refractivity contribution in [3.8, 4) is 0 Å². The van der Waals surface area contributed by atoms with E-state index < -0.39 is 18.0 Å². The molecule has 0 saturated carbocycles. The van der Waals surface area contributed by atoms with Crippen LogP contribution >= 0.6 is 15.9 Å². The molecule has 1 unspecified atom stereocenters. The van der Waals surface area contributed by atoms with Gasteiger partial charge in [-0.3, -0.25) is 0 Å². The summed E-state index contributed by atoms with van der Waals surface area (Å²) in [4.78, 5) is 0. The molecule has 1 atom stereocenters. The van der Waals surface area contributed by atoms with Gasteiger partial charge in [0.15, 0.2) is 0 Å². The van der Waals surface area contributed by atoms with Crippen LogP contribution in [-0.4, -0.2) is 11.3 Å². The summed E-state index contributed by atoms with van der Waals surface area (Å²) in [6.07, 6.45) is -6.16. The molecule has 1 aromatic heterocycles. The average Bonchev–Trinajstić information content (AvgIpc) is 2.32. The van der Waals surface area contributed by atoms with Gasteiger partial charge in [0.2, 0.25) is 6.10 Å². The van der Waals surface area contributed by atoms with Crippen molar-refractivity contribution in [1.82, 2.24) is 0 Å². The van der Waals surface area contributed by atoms with Crippen molar-refractivity contribution in [2.24, 2.45) is 0 Å². The molecule has 0 saturated heterocycles. The standard InChI is InChI=1S/C6H4BrF3O2/c7-3-1-4(12-2-3)5(11)6(8,9)10/h1-2,5,11H. The van der Waals surface area contributed by atoms with E-state index in [0.717, 1.165) is 12.3 Å². The lowest BCUT2D eigenvalue weighted by Gasteiger charge is -2.10. The third-order valence-electron chi connectivity index (χ3n) is 1.17. The monoisotopic (exact) mass is 244 g/mol. The lowest BCUT2D eigenvalue weighted by Crippen LogP contribution is -2.19. The van der Waals surface area contributed by atoms with Crippen LogP contribution in [0.15, 0.2) is 21.2 Å². The number of halogens is 4. The van der Waals surface area contributed by atoms with E-state index in [0.29, 0.717) is 4.47 Å². The van der Waals surface area contributed by atoms with Gasteiger partial charge < -0.3 is 9.52 Å². The van der Waals surface area contributed by atoms with Crippen molar-refractivity contribution in [3.63, 3.8) is 0 Å². The first-order chi connectivity index (χ1) is 5.41. The number of rotatable bonds is 1. The molecular weight excluding hydrogens is 241 g/mol. The van der Waals surface area contributed by atoms with Crippen LogP contribution in [0.5, 0.6) is 0 Å². The number of aliphatic hydroxyl groups is 1. The van der Waals surface area contributed by atoms with Gasteiger partial charge in [-0.1, -0.05) is 0 Å². The number of hydrogen-bond donors (Lipinski definition) is 1. The first kappa shape index (κ1) is 9.60. The van der Waals surface area contributed by atoms with E-state index in [-0.39, 0.29) is 0 Å². The highest BCUT2D eigenvalue weighted by molar-refractivity contribution is 9.10. The smallest absolute Gasteiger partial charge is 0.421 e. The predicted molar refractivity (Wildman–Crippen MR) is 37.4 cm³/mol. The molecule has 1 aromatic rings. The van der Waals surface area contributed by atoms with Gasteiger partial charge in [-0.2, -0.15) is 13.2 Å². The molecular formula is C6H4BrF3O2. The molecule has 68 valence electrons. The fourth-order valence-electron chi connectivity index (χ4n) is 0.633. The van der Waals surface area contributed by atoms with Crippen molar-refractivity contribution in [1.29, 1.82) is 0 Å². The van der Waals surface area contributed by atoms with Crippen LogP contribution < -0.4 is 0 Å². The van der Waals surface area contributed by atoms with E-state index in [9.17, 15) is 13.2 Å². The Kier molecular flexibility index (Phi) is 2.48. The van der Waals surface area contributed by atoms with Crippen LogP contribution in [-0.2, 0) is 0 Å². The van der Waals surface area contributed by atoms with Gasteiger partial charge in [0, 0.05) is 0 Å². The molecule has 12 heavy (non-hydrogen) atoms. The molecule has 0 fully saturated rings. The molecule has 0 radical (unpaired) electrons. The second-order valence-corrected chi connectivity index (χ2v) is 3.03. The Morgan fingerprint density at radius 3 is 2.42 bits per heavy atom. The summed E-state index contributed by atoms with van der Waals surface area (Å²) < 4.78 is 40.3. The maximum absolute atomic E-state index is 11.8. The Bertz CT molecular complexity index is 268. The predicted octanol–water partition coefficient (Wildman–Crippen LogP) is 2.64. The first-order valence-corrected chi connectivity index (χ1v) is 3.69. The Labute approximate surface area is 74.1 Å². The third kappa shape index (κ3) is 2.01. The summed E-state index contributed by atoms with van der Waals surface area (Å²) in [5.74, 6) is -0.519. The zero-order valence-electron chi connectivity index (χ0n) is 5.60. The number of hydrogen-bond acceptors (Lipinski definition) is 2. The minimum Gasteiger partial charge on any atom is -0.465 e. The van der Waals surface area contributed by atoms with Crippen molar-refractivity contribution < 1.29 is 22.7 Å². The maximum atomic E-state index is 11.8. The Hall–Kier alpha value is -0.490. The fourth-order valence-corrected chi connectivity index (χ4v) is 0.952. The summed E-state index contributed by atoms with van der Waals surface area (Å²) in [7, 11) is 0. The summed E-state index contributed by atoms with van der Waals surface area (Å²) in [6, 6.07) is 1.07. The van der Waals surface area contributed by atoms with Crippen LogP contribution in [0.3, 0.4) is 0 Å². The summed E-state index contributed by atoms with van der Waals surface area (Å²) >= 11 is 2.89. The van der Waals surface area contributed by atoms with Crippen molar-refractivity contribution in [3.05, 3.63) is 22.6 Å². The second-order valence-electron chi connectivity index (χ2n) is 2.11. The normalized spacial score (nSPS) is 14.8. The molecule has 0 bridgehead atoms. The van der Waals surface area contributed by atoms with Crippen molar-refractivity contribution in [2.45, 2.75) is 12.3 Å². The zero-order chi connectivity index (χ0) is 9.35. The minimum absolute atomic E-state index is 0.362. The summed E-state index contributed by atoms with van der Waals surface area (Å²) in [5.41, 5.74) is 0. The van der Waals surface area contributed by atoms with Gasteiger partial charge in [0.1, 0.15) is 12.0 Å². The second kappa shape index (κ2) is 3.10. The molecule has 1 N–H and O–H groups in total. The maximum Gasteiger partial charge on any atom is 0.421 e. The van der Waals surface area contributed by atoms with Crippen LogP contribution in [0.2, 0.25) is 0 Å². The van der Waals surface area contributed by atoms with Crippen molar-refractivity contribution >= 4 is 15.9 Å². The Morgan fingerprint density at radius 1 is 1.50 bits per heavy atom. The molecule has 0 aliphatic carbocycles. The lowest BCUT2D eigenvalue weighted by atomic mass is 10.3. The van der Waals surface area contributed by atoms with Crippen LogP contribution in [0.1, 0.15) is 11.9 Å². The van der Waals surface area contributed by atoms with E-state index >= 15 is 0 Å². The molecule has 0 aromatic carbocycles. The van der Waals surface area contributed by atoms with Crippen LogP contribution in [0.4, 0.5) is 13.2 Å². The van der Waals surface area contributed by atoms with Crippen LogP contribution in [0.25, 0.3) is 0 Å². The Morgan fingerprint density at radius 2 is 2.08 bits per heavy atom. The van der Waals surface area contributed by atoms with Crippen LogP contribution in [0, 0.1) is 0 Å². The van der Waals surface area contributed by atoms with Gasteiger partial charge in [-0.25, -0.2) is 0 Å². The van der Waals surface area contributed by atoms with E-state index in [4.69, 9.17) is 5.11 Å². The van der Waals surface area contributed by atoms with Gasteiger partial charge in [-0.15, -0.1) is 0 Å². The number of furan rings is 1.